The molecule has 0 saturated carbocycles. The molecule has 0 aromatic heterocycles. The summed E-state index contributed by atoms with van der Waals surface area (Å²) < 4.78 is 41.7. The molecule has 1 N–H and O–H groups in total. The summed E-state index contributed by atoms with van der Waals surface area (Å²) in [5, 5.41) is 0. The Labute approximate surface area is 225 Å². The third-order valence-electron chi connectivity index (χ3n) is 6.68. The van der Waals surface area contributed by atoms with E-state index in [9.17, 15) is 8.72 Å². The molecule has 36 heavy (non-hydrogen) atoms. The molecule has 0 saturated heterocycles. The number of rotatable bonds is 2. The molecule has 5 nitrogen and oxygen atoms in total. The van der Waals surface area contributed by atoms with Crippen molar-refractivity contribution in [1.29, 1.82) is 0 Å². The largest absolute Gasteiger partial charge is 0.657 e. The predicted molar refractivity (Wildman–Crippen MR) is 150 cm³/mol. The quantitative estimate of drug-likeness (QED) is 0.320. The zero-order chi connectivity index (χ0) is 27.5. The minimum Gasteiger partial charge on any atom is -0.496 e. The minimum absolute atomic E-state index is 0.0846. The molecule has 1 heterocycles. The fourth-order valence-electron chi connectivity index (χ4n) is 4.41. The standard InChI is InChI=1S/C29H43O4P.Al.H2O.H/c1-26(2,3)20-14-18-13-19-15-21(27(4,5)6)17-23(29(10,11)12)25(19)33-34(30,31)32-24(18)22(16-20)28(7,8)9;;;/h14-17H,13H2,1-12H3,(H,30,31);;1H2;/q;+2;;/p-2. The molecule has 0 spiro atoms. The zero-order valence-electron chi connectivity index (χ0n) is 24.3. The van der Waals surface area contributed by atoms with Crippen LogP contribution in [0.5, 0.6) is 11.5 Å². The van der Waals surface area contributed by atoms with Crippen LogP contribution < -0.4 is 9.05 Å². The van der Waals surface area contributed by atoms with Gasteiger partial charge in [0.2, 0.25) is 0 Å². The van der Waals surface area contributed by atoms with E-state index in [1.165, 1.54) is 11.1 Å². The van der Waals surface area contributed by atoms with Gasteiger partial charge in [-0.3, -0.25) is 0 Å². The summed E-state index contributed by atoms with van der Waals surface area (Å²) in [7, 11) is -4.14. The smallest absolute Gasteiger partial charge is 0.496 e. The zero-order valence-corrected chi connectivity index (χ0v) is 26.6. The van der Waals surface area contributed by atoms with Crippen LogP contribution in [0.2, 0.25) is 0 Å². The van der Waals surface area contributed by atoms with Gasteiger partial charge >= 0.3 is 23.7 Å². The number of hydrogen-bond acceptors (Lipinski definition) is 5. The molecule has 0 unspecified atom stereocenters. The summed E-state index contributed by atoms with van der Waals surface area (Å²) in [6.45, 7) is 25.9. The van der Waals surface area contributed by atoms with Gasteiger partial charge in [-0.2, -0.15) is 0 Å². The van der Waals surface area contributed by atoms with Crippen LogP contribution in [0.1, 0.15) is 116 Å². The van der Waals surface area contributed by atoms with E-state index < -0.39 is 23.7 Å². The molecule has 198 valence electrons. The lowest BCUT2D eigenvalue weighted by molar-refractivity contribution is 0.279. The van der Waals surface area contributed by atoms with E-state index in [1.807, 2.05) is 0 Å². The first-order chi connectivity index (χ1) is 16.2. The SMILES string of the molecule is CC(C)(C)c1cc2c(c(C(C)(C)C)c1)OP(=O)([O][AlH][OH])Oc1c(cc(C(C)(C)C)cc1C(C)(C)C)C2. The fourth-order valence-corrected chi connectivity index (χ4v) is 6.31. The van der Waals surface area contributed by atoms with Crippen LogP contribution in [0.4, 0.5) is 0 Å². The molecule has 1 aliphatic rings. The van der Waals surface area contributed by atoms with Crippen molar-refractivity contribution in [3.8, 4) is 11.5 Å². The first kappa shape index (κ1) is 29.3. The molecule has 2 aromatic rings. The molecule has 0 bridgehead atoms. The van der Waals surface area contributed by atoms with Crippen molar-refractivity contribution in [3.63, 3.8) is 0 Å². The van der Waals surface area contributed by atoms with E-state index in [-0.39, 0.29) is 21.7 Å². The molecule has 2 aromatic carbocycles. The van der Waals surface area contributed by atoms with Gasteiger partial charge in [0.15, 0.2) is 0 Å². The van der Waals surface area contributed by atoms with Crippen molar-refractivity contribution in [1.82, 2.24) is 0 Å². The van der Waals surface area contributed by atoms with Crippen LogP contribution in [0, 0.1) is 0 Å². The summed E-state index contributed by atoms with van der Waals surface area (Å²) in [4.78, 5) is 0. The van der Waals surface area contributed by atoms with Crippen LogP contribution in [-0.4, -0.2) is 20.0 Å². The molecule has 0 atom stereocenters. The Kier molecular flexibility index (Phi) is 7.71. The molecule has 0 radical (unpaired) electrons. The van der Waals surface area contributed by atoms with Gasteiger partial charge in [0.25, 0.3) is 0 Å². The lowest BCUT2D eigenvalue weighted by Crippen LogP contribution is -2.23. The summed E-state index contributed by atoms with van der Waals surface area (Å²) in [5.74, 6) is 1.07. The van der Waals surface area contributed by atoms with Crippen molar-refractivity contribution in [2.45, 2.75) is 111 Å². The van der Waals surface area contributed by atoms with Crippen LogP contribution in [0.3, 0.4) is 0 Å². The maximum atomic E-state index is 14.1. The highest BCUT2D eigenvalue weighted by Gasteiger charge is 2.40. The Morgan fingerprint density at radius 1 is 0.694 bits per heavy atom. The van der Waals surface area contributed by atoms with Gasteiger partial charge in [-0.1, -0.05) is 107 Å². The first-order valence-electron chi connectivity index (χ1n) is 12.8. The van der Waals surface area contributed by atoms with Gasteiger partial charge in [-0.25, -0.2) is 4.57 Å². The Balaban J connectivity index is 2.47. The summed E-state index contributed by atoms with van der Waals surface area (Å²) in [6.07, 6.45) is 0.571. The molecule has 1 aliphatic heterocycles. The van der Waals surface area contributed by atoms with Crippen LogP contribution in [0.25, 0.3) is 0 Å². The maximum Gasteiger partial charge on any atom is 0.657 e. The van der Waals surface area contributed by atoms with Crippen molar-refractivity contribution < 1.29 is 21.3 Å². The van der Waals surface area contributed by atoms with E-state index >= 15 is 0 Å². The molecule has 0 fully saturated rings. The Morgan fingerprint density at radius 3 is 1.33 bits per heavy atom. The third kappa shape index (κ3) is 6.23. The Morgan fingerprint density at radius 2 is 1.06 bits per heavy atom. The Hall–Kier alpha value is -1.28. The second-order valence-corrected chi connectivity index (χ2v) is 16.6. The number of phosphoric acid groups is 1. The number of benzene rings is 2. The molecule has 7 heteroatoms. The summed E-state index contributed by atoms with van der Waals surface area (Å²) in [6, 6.07) is 8.63. The van der Waals surface area contributed by atoms with Gasteiger partial charge < -0.3 is 16.8 Å². The Bertz CT molecular complexity index is 1100. The number of phosphoric ester groups is 1. The first-order valence-corrected chi connectivity index (χ1v) is 15.4. The summed E-state index contributed by atoms with van der Waals surface area (Å²) in [5.41, 5.74) is 5.44. The highest BCUT2D eigenvalue weighted by Crippen LogP contribution is 2.57. The summed E-state index contributed by atoms with van der Waals surface area (Å²) >= 11 is -2.08. The highest BCUT2D eigenvalue weighted by molar-refractivity contribution is 7.50. The van der Waals surface area contributed by atoms with Crippen molar-refractivity contribution >= 4 is 23.7 Å². The molecular weight excluding hydrogens is 486 g/mol. The van der Waals surface area contributed by atoms with E-state index in [4.69, 9.17) is 12.6 Å². The van der Waals surface area contributed by atoms with Crippen LogP contribution in [-0.2, 0) is 36.2 Å². The molecular formula is C29H44AlO5P. The van der Waals surface area contributed by atoms with E-state index in [0.29, 0.717) is 17.9 Å². The number of hydrogen-bond donors (Lipinski definition) is 1. The molecule has 0 aliphatic carbocycles. The monoisotopic (exact) mass is 530 g/mol. The normalized spacial score (nSPS) is 16.1. The third-order valence-corrected chi connectivity index (χ3v) is 9.22. The van der Waals surface area contributed by atoms with E-state index in [0.717, 1.165) is 22.3 Å². The van der Waals surface area contributed by atoms with Gasteiger partial charge in [0, 0.05) is 17.5 Å². The average Bonchev–Trinajstić information content (AvgIpc) is 2.65. The highest BCUT2D eigenvalue weighted by atomic mass is 31.2. The van der Waals surface area contributed by atoms with Gasteiger partial charge in [-0.15, -0.1) is 0 Å². The van der Waals surface area contributed by atoms with Crippen molar-refractivity contribution in [3.05, 3.63) is 57.6 Å². The maximum absolute atomic E-state index is 14.1. The number of fused-ring (bicyclic) bond motifs is 2. The minimum atomic E-state index is -4.14. The topological polar surface area (TPSA) is 65.0 Å². The van der Waals surface area contributed by atoms with Crippen molar-refractivity contribution in [2.24, 2.45) is 0 Å². The second-order valence-electron chi connectivity index (χ2n) is 14.1. The van der Waals surface area contributed by atoms with Gasteiger partial charge in [0.05, 0.1) is 0 Å². The van der Waals surface area contributed by atoms with Gasteiger partial charge in [0.1, 0.15) is 11.5 Å². The molecule has 3 rings (SSSR count). The van der Waals surface area contributed by atoms with E-state index in [1.54, 1.807) is 0 Å². The second kappa shape index (κ2) is 9.48. The lowest BCUT2D eigenvalue weighted by atomic mass is 9.76. The van der Waals surface area contributed by atoms with Crippen LogP contribution >= 0.6 is 7.82 Å². The average molecular weight is 531 g/mol. The van der Waals surface area contributed by atoms with Crippen LogP contribution in [0.15, 0.2) is 24.3 Å². The van der Waals surface area contributed by atoms with E-state index in [2.05, 4.69) is 107 Å². The predicted octanol–water partition coefficient (Wildman–Crippen LogP) is 7.62. The van der Waals surface area contributed by atoms with Crippen molar-refractivity contribution in [2.75, 3.05) is 0 Å². The lowest BCUT2D eigenvalue weighted by Gasteiger charge is -2.34. The van der Waals surface area contributed by atoms with Gasteiger partial charge in [-0.05, 0) is 43.9 Å². The molecule has 0 amide bonds. The fraction of sp³-hybridized carbons (Fsp3) is 0.586.